The number of nitrogens with zero attached hydrogens (tertiary/aromatic N) is 1. The van der Waals surface area contributed by atoms with Gasteiger partial charge in [0.1, 0.15) is 0 Å². The quantitative estimate of drug-likeness (QED) is 0.557. The first kappa shape index (κ1) is 21.8. The molecule has 0 aliphatic rings. The fraction of sp³-hybridized carbons (Fsp3) is 0.292. The number of carbonyl (C=O) groups is 1. The van der Waals surface area contributed by atoms with Crippen LogP contribution in [0.4, 0.5) is 5.69 Å². The van der Waals surface area contributed by atoms with E-state index in [4.69, 9.17) is 0 Å². The van der Waals surface area contributed by atoms with E-state index < -0.39 is 10.0 Å². The van der Waals surface area contributed by atoms with E-state index in [1.54, 1.807) is 0 Å². The second kappa shape index (κ2) is 9.76. The summed E-state index contributed by atoms with van der Waals surface area (Å²) in [5.74, 6) is 0.157. The first-order valence-electron chi connectivity index (χ1n) is 10.1. The summed E-state index contributed by atoms with van der Waals surface area (Å²) in [6.07, 6.45) is 1.93. The first-order chi connectivity index (χ1) is 14.3. The van der Waals surface area contributed by atoms with Crippen molar-refractivity contribution in [1.29, 1.82) is 0 Å². The monoisotopic (exact) mass is 424 g/mol. The number of sulfonamides is 1. The summed E-state index contributed by atoms with van der Waals surface area (Å²) in [5.41, 5.74) is 1.80. The Hall–Kier alpha value is -2.86. The van der Waals surface area contributed by atoms with Gasteiger partial charge in [-0.3, -0.25) is 9.10 Å². The van der Waals surface area contributed by atoms with Crippen molar-refractivity contribution in [2.24, 2.45) is 0 Å². The Morgan fingerprint density at radius 3 is 2.33 bits per heavy atom. The molecule has 0 heterocycles. The van der Waals surface area contributed by atoms with Crippen LogP contribution in [0.2, 0.25) is 0 Å². The van der Waals surface area contributed by atoms with E-state index >= 15 is 0 Å². The number of hydrogen-bond donors (Lipinski definition) is 1. The third kappa shape index (κ3) is 5.83. The molecule has 30 heavy (non-hydrogen) atoms. The highest BCUT2D eigenvalue weighted by atomic mass is 32.2. The zero-order valence-corrected chi connectivity index (χ0v) is 18.2. The molecule has 1 amide bonds. The zero-order chi connectivity index (χ0) is 21.6. The van der Waals surface area contributed by atoms with Crippen molar-refractivity contribution in [2.45, 2.75) is 25.7 Å². The third-order valence-corrected chi connectivity index (χ3v) is 6.35. The number of rotatable bonds is 9. The summed E-state index contributed by atoms with van der Waals surface area (Å²) in [5, 5.41) is 4.99. The maximum absolute atomic E-state index is 12.3. The molecule has 6 heteroatoms. The molecule has 5 nitrogen and oxygen atoms in total. The maximum Gasteiger partial charge on any atom is 0.232 e. The molecule has 158 valence electrons. The molecule has 0 aliphatic heterocycles. The van der Waals surface area contributed by atoms with Gasteiger partial charge in [0, 0.05) is 19.5 Å². The van der Waals surface area contributed by atoms with Crippen LogP contribution in [0, 0.1) is 0 Å². The van der Waals surface area contributed by atoms with Gasteiger partial charge in [0.05, 0.1) is 11.9 Å². The van der Waals surface area contributed by atoms with Crippen LogP contribution < -0.4 is 9.62 Å². The summed E-state index contributed by atoms with van der Waals surface area (Å²) < 4.78 is 26.1. The summed E-state index contributed by atoms with van der Waals surface area (Å²) in [4.78, 5) is 12.2. The van der Waals surface area contributed by atoms with Crippen molar-refractivity contribution < 1.29 is 13.2 Å². The van der Waals surface area contributed by atoms with E-state index in [9.17, 15) is 13.2 Å². The minimum absolute atomic E-state index is 0.0651. The van der Waals surface area contributed by atoms with Gasteiger partial charge in [0.2, 0.25) is 15.9 Å². The Morgan fingerprint density at radius 2 is 1.63 bits per heavy atom. The molecule has 1 atom stereocenters. The number of carbonyl (C=O) groups excluding carboxylic acids is 1. The molecule has 1 N–H and O–H groups in total. The van der Waals surface area contributed by atoms with Crippen LogP contribution in [0.5, 0.6) is 0 Å². The van der Waals surface area contributed by atoms with E-state index in [2.05, 4.69) is 12.2 Å². The van der Waals surface area contributed by atoms with Crippen molar-refractivity contribution in [3.63, 3.8) is 0 Å². The molecule has 0 saturated carbocycles. The SMILES string of the molecule is CC(CNC(=O)CCCN(c1ccc2ccccc2c1)S(C)(=O)=O)c1ccccc1. The fourth-order valence-electron chi connectivity index (χ4n) is 3.46. The van der Waals surface area contributed by atoms with Crippen molar-refractivity contribution in [3.05, 3.63) is 78.4 Å². The number of nitrogens with one attached hydrogen (secondary N) is 1. The molecule has 0 spiro atoms. The fourth-order valence-corrected chi connectivity index (χ4v) is 4.41. The first-order valence-corrected chi connectivity index (χ1v) is 12.0. The molecule has 0 bridgehead atoms. The Bertz CT molecular complexity index is 1100. The molecule has 0 radical (unpaired) electrons. The van der Waals surface area contributed by atoms with Crippen molar-refractivity contribution >= 4 is 32.4 Å². The van der Waals surface area contributed by atoms with Gasteiger partial charge in [-0.15, -0.1) is 0 Å². The summed E-state index contributed by atoms with van der Waals surface area (Å²) in [7, 11) is -3.44. The molecule has 0 fully saturated rings. The van der Waals surface area contributed by atoms with Gasteiger partial charge in [-0.1, -0.05) is 67.6 Å². The van der Waals surface area contributed by atoms with Gasteiger partial charge in [-0.25, -0.2) is 8.42 Å². The van der Waals surface area contributed by atoms with Crippen molar-refractivity contribution in [2.75, 3.05) is 23.7 Å². The van der Waals surface area contributed by atoms with Gasteiger partial charge in [-0.05, 0) is 40.8 Å². The Labute approximate surface area is 178 Å². The largest absolute Gasteiger partial charge is 0.356 e. The summed E-state index contributed by atoms with van der Waals surface area (Å²) in [6, 6.07) is 23.5. The number of fused-ring (bicyclic) bond motifs is 1. The second-order valence-electron chi connectivity index (χ2n) is 7.59. The predicted octanol–water partition coefficient (Wildman–Crippen LogP) is 4.31. The number of hydrogen-bond acceptors (Lipinski definition) is 3. The lowest BCUT2D eigenvalue weighted by Gasteiger charge is -2.23. The van der Waals surface area contributed by atoms with Gasteiger partial charge in [0.15, 0.2) is 0 Å². The van der Waals surface area contributed by atoms with E-state index in [0.717, 1.165) is 10.8 Å². The van der Waals surface area contributed by atoms with E-state index in [1.807, 2.05) is 72.8 Å². The minimum atomic E-state index is -3.44. The van der Waals surface area contributed by atoms with Crippen molar-refractivity contribution in [1.82, 2.24) is 5.32 Å². The molecule has 0 saturated heterocycles. The normalized spacial score (nSPS) is 12.5. The van der Waals surface area contributed by atoms with Crippen LogP contribution in [0.25, 0.3) is 10.8 Å². The van der Waals surface area contributed by atoms with E-state index in [-0.39, 0.29) is 24.8 Å². The molecular formula is C24H28N2O3S. The van der Waals surface area contributed by atoms with Gasteiger partial charge in [-0.2, -0.15) is 0 Å². The number of anilines is 1. The molecule has 0 aliphatic carbocycles. The average molecular weight is 425 g/mol. The van der Waals surface area contributed by atoms with Crippen LogP contribution >= 0.6 is 0 Å². The average Bonchev–Trinajstić information content (AvgIpc) is 2.74. The Kier molecular flexibility index (Phi) is 7.11. The molecule has 1 unspecified atom stereocenters. The Balaban J connectivity index is 1.56. The molecule has 3 aromatic carbocycles. The van der Waals surface area contributed by atoms with E-state index in [0.29, 0.717) is 18.7 Å². The van der Waals surface area contributed by atoms with E-state index in [1.165, 1.54) is 16.1 Å². The zero-order valence-electron chi connectivity index (χ0n) is 17.4. The van der Waals surface area contributed by atoms with Gasteiger partial charge >= 0.3 is 0 Å². The van der Waals surface area contributed by atoms with Crippen LogP contribution in [-0.2, 0) is 14.8 Å². The number of amides is 1. The maximum atomic E-state index is 12.3. The molecular weight excluding hydrogens is 396 g/mol. The smallest absolute Gasteiger partial charge is 0.232 e. The molecule has 0 aromatic heterocycles. The third-order valence-electron chi connectivity index (χ3n) is 5.16. The Morgan fingerprint density at radius 1 is 0.967 bits per heavy atom. The highest BCUT2D eigenvalue weighted by molar-refractivity contribution is 7.92. The van der Waals surface area contributed by atoms with Crippen molar-refractivity contribution in [3.8, 4) is 0 Å². The molecule has 3 aromatic rings. The predicted molar refractivity (Wildman–Crippen MR) is 123 cm³/mol. The van der Waals surface area contributed by atoms with Crippen LogP contribution in [0.15, 0.2) is 72.8 Å². The highest BCUT2D eigenvalue weighted by Gasteiger charge is 2.18. The summed E-state index contributed by atoms with van der Waals surface area (Å²) >= 11 is 0. The topological polar surface area (TPSA) is 66.5 Å². The van der Waals surface area contributed by atoms with Gasteiger partial charge < -0.3 is 5.32 Å². The lowest BCUT2D eigenvalue weighted by molar-refractivity contribution is -0.121. The second-order valence-corrected chi connectivity index (χ2v) is 9.49. The lowest BCUT2D eigenvalue weighted by Crippen LogP contribution is -2.32. The minimum Gasteiger partial charge on any atom is -0.356 e. The molecule has 3 rings (SSSR count). The summed E-state index contributed by atoms with van der Waals surface area (Å²) in [6.45, 7) is 2.89. The number of benzene rings is 3. The highest BCUT2D eigenvalue weighted by Crippen LogP contribution is 2.24. The van der Waals surface area contributed by atoms with Gasteiger partial charge in [0.25, 0.3) is 0 Å². The van der Waals surface area contributed by atoms with Crippen LogP contribution in [-0.4, -0.2) is 33.7 Å². The lowest BCUT2D eigenvalue weighted by atomic mass is 10.0. The van der Waals surface area contributed by atoms with Crippen LogP contribution in [0.3, 0.4) is 0 Å². The van der Waals surface area contributed by atoms with Crippen LogP contribution in [0.1, 0.15) is 31.2 Å². The standard InChI is InChI=1S/C24H28N2O3S/c1-19(20-9-4-3-5-10-20)18-25-24(27)13-8-16-26(30(2,28)29)23-15-14-21-11-6-7-12-22(21)17-23/h3-7,9-12,14-15,17,19H,8,13,16,18H2,1-2H3,(H,25,27).